The third-order valence-electron chi connectivity index (χ3n) is 2.30. The van der Waals surface area contributed by atoms with Crippen LogP contribution in [-0.2, 0) is 10.0 Å². The molecule has 0 aliphatic rings. The van der Waals surface area contributed by atoms with Crippen molar-refractivity contribution in [1.29, 1.82) is 5.26 Å². The standard InChI is InChI=1S/C10H14N4O2S/c1-14(6-2-5-11)10-4-3-8(7-9(10)12)17(13,15)16/h3-4,7H,2,6,12H2,1H3,(H2,13,15,16). The van der Waals surface area contributed by atoms with Crippen molar-refractivity contribution in [2.24, 2.45) is 5.14 Å². The normalized spacial score (nSPS) is 10.9. The average Bonchev–Trinajstić information content (AvgIpc) is 2.24. The van der Waals surface area contributed by atoms with Gasteiger partial charge in [0.15, 0.2) is 0 Å². The molecule has 1 aromatic carbocycles. The van der Waals surface area contributed by atoms with Crippen LogP contribution < -0.4 is 15.8 Å². The summed E-state index contributed by atoms with van der Waals surface area (Å²) in [7, 11) is -1.96. The Labute approximate surface area is 100 Å². The van der Waals surface area contributed by atoms with Crippen molar-refractivity contribution in [3.8, 4) is 6.07 Å². The zero-order valence-corrected chi connectivity index (χ0v) is 10.2. The van der Waals surface area contributed by atoms with Crippen molar-refractivity contribution < 1.29 is 8.42 Å². The number of hydrogen-bond acceptors (Lipinski definition) is 5. The highest BCUT2D eigenvalue weighted by atomic mass is 32.2. The SMILES string of the molecule is CN(CCC#N)c1ccc(S(N)(=O)=O)cc1N. The molecule has 0 aromatic heterocycles. The molecule has 0 bridgehead atoms. The third kappa shape index (κ3) is 3.34. The topological polar surface area (TPSA) is 113 Å². The predicted molar refractivity (Wildman–Crippen MR) is 65.7 cm³/mol. The first-order chi connectivity index (χ1) is 7.86. The highest BCUT2D eigenvalue weighted by Crippen LogP contribution is 2.24. The van der Waals surface area contributed by atoms with Crippen LogP contribution >= 0.6 is 0 Å². The fourth-order valence-electron chi connectivity index (χ4n) is 1.40. The van der Waals surface area contributed by atoms with Crippen LogP contribution in [0.15, 0.2) is 23.1 Å². The van der Waals surface area contributed by atoms with E-state index in [0.717, 1.165) is 0 Å². The zero-order valence-electron chi connectivity index (χ0n) is 9.42. The smallest absolute Gasteiger partial charge is 0.238 e. The van der Waals surface area contributed by atoms with Gasteiger partial charge in [-0.15, -0.1) is 0 Å². The molecule has 0 spiro atoms. The molecule has 0 fully saturated rings. The van der Waals surface area contributed by atoms with Crippen LogP contribution in [0, 0.1) is 11.3 Å². The fourth-order valence-corrected chi connectivity index (χ4v) is 1.94. The molecule has 0 saturated carbocycles. The van der Waals surface area contributed by atoms with E-state index in [1.807, 2.05) is 6.07 Å². The molecule has 0 atom stereocenters. The second-order valence-corrected chi connectivity index (χ2v) is 5.16. The first kappa shape index (κ1) is 13.3. The third-order valence-corrected chi connectivity index (χ3v) is 3.21. The van der Waals surface area contributed by atoms with Gasteiger partial charge in [-0.3, -0.25) is 0 Å². The largest absolute Gasteiger partial charge is 0.397 e. The minimum absolute atomic E-state index is 0.0209. The lowest BCUT2D eigenvalue weighted by molar-refractivity contribution is 0.598. The number of benzene rings is 1. The molecule has 0 radical (unpaired) electrons. The molecule has 0 aliphatic carbocycles. The van der Waals surface area contributed by atoms with E-state index in [-0.39, 0.29) is 4.90 Å². The van der Waals surface area contributed by atoms with Crippen LogP contribution in [0.3, 0.4) is 0 Å². The summed E-state index contributed by atoms with van der Waals surface area (Å²) in [4.78, 5) is 1.76. The molecule has 0 saturated heterocycles. The van der Waals surface area contributed by atoms with Gasteiger partial charge in [-0.05, 0) is 18.2 Å². The van der Waals surface area contributed by atoms with E-state index in [0.29, 0.717) is 24.3 Å². The van der Waals surface area contributed by atoms with Crippen molar-refractivity contribution in [3.63, 3.8) is 0 Å². The Bertz CT molecular complexity index is 548. The number of hydrogen-bond donors (Lipinski definition) is 2. The maximum Gasteiger partial charge on any atom is 0.238 e. The van der Waals surface area contributed by atoms with Gasteiger partial charge >= 0.3 is 0 Å². The Morgan fingerprint density at radius 3 is 2.59 bits per heavy atom. The molecule has 6 nitrogen and oxygen atoms in total. The van der Waals surface area contributed by atoms with E-state index in [1.54, 1.807) is 18.0 Å². The summed E-state index contributed by atoms with van der Waals surface area (Å²) in [6.45, 7) is 0.523. The predicted octanol–water partition coefficient (Wildman–Crippen LogP) is 0.266. The molecule has 17 heavy (non-hydrogen) atoms. The Kier molecular flexibility index (Phi) is 3.93. The van der Waals surface area contributed by atoms with Crippen LogP contribution in [0.5, 0.6) is 0 Å². The van der Waals surface area contributed by atoms with Gasteiger partial charge in [0.25, 0.3) is 0 Å². The zero-order chi connectivity index (χ0) is 13.1. The lowest BCUT2D eigenvalue weighted by Gasteiger charge is -2.20. The van der Waals surface area contributed by atoms with E-state index in [2.05, 4.69) is 0 Å². The van der Waals surface area contributed by atoms with Crippen LogP contribution in [0.25, 0.3) is 0 Å². The highest BCUT2D eigenvalue weighted by molar-refractivity contribution is 7.89. The van der Waals surface area contributed by atoms with Crippen molar-refractivity contribution in [3.05, 3.63) is 18.2 Å². The summed E-state index contributed by atoms with van der Waals surface area (Å²) in [5, 5.41) is 13.5. The average molecular weight is 254 g/mol. The Morgan fingerprint density at radius 1 is 1.47 bits per heavy atom. The summed E-state index contributed by atoms with van der Waals surface area (Å²) < 4.78 is 22.2. The van der Waals surface area contributed by atoms with E-state index >= 15 is 0 Å². The van der Waals surface area contributed by atoms with E-state index in [1.165, 1.54) is 12.1 Å². The Morgan fingerprint density at radius 2 is 2.12 bits per heavy atom. The molecule has 4 N–H and O–H groups in total. The number of rotatable bonds is 4. The molecule has 0 amide bonds. The van der Waals surface area contributed by atoms with Gasteiger partial charge in [0.2, 0.25) is 10.0 Å². The quantitative estimate of drug-likeness (QED) is 0.748. The van der Waals surface area contributed by atoms with Crippen LogP contribution in [0.1, 0.15) is 6.42 Å². The van der Waals surface area contributed by atoms with Crippen molar-refractivity contribution in [2.45, 2.75) is 11.3 Å². The van der Waals surface area contributed by atoms with Crippen molar-refractivity contribution >= 4 is 21.4 Å². The maximum atomic E-state index is 11.1. The number of nitrogen functional groups attached to an aromatic ring is 1. The summed E-state index contributed by atoms with van der Waals surface area (Å²) in [5.74, 6) is 0. The van der Waals surface area contributed by atoms with Crippen molar-refractivity contribution in [1.82, 2.24) is 0 Å². The lowest BCUT2D eigenvalue weighted by atomic mass is 10.2. The minimum atomic E-state index is -3.74. The second-order valence-electron chi connectivity index (χ2n) is 3.60. The molecular weight excluding hydrogens is 240 g/mol. The summed E-state index contributed by atoms with van der Waals surface area (Å²) in [5.41, 5.74) is 6.74. The van der Waals surface area contributed by atoms with Gasteiger partial charge in [0.05, 0.1) is 28.8 Å². The first-order valence-corrected chi connectivity index (χ1v) is 6.41. The second kappa shape index (κ2) is 5.03. The van der Waals surface area contributed by atoms with Crippen molar-refractivity contribution in [2.75, 3.05) is 24.2 Å². The minimum Gasteiger partial charge on any atom is -0.397 e. The first-order valence-electron chi connectivity index (χ1n) is 4.86. The van der Waals surface area contributed by atoms with E-state index in [4.69, 9.17) is 16.1 Å². The summed E-state index contributed by atoms with van der Waals surface area (Å²) in [6.07, 6.45) is 0.368. The van der Waals surface area contributed by atoms with Gasteiger partial charge < -0.3 is 10.6 Å². The van der Waals surface area contributed by atoms with Crippen LogP contribution in [0.4, 0.5) is 11.4 Å². The molecule has 92 valence electrons. The van der Waals surface area contributed by atoms with Gasteiger partial charge in [-0.1, -0.05) is 0 Å². The molecular formula is C10H14N4O2S. The lowest BCUT2D eigenvalue weighted by Crippen LogP contribution is -2.20. The monoisotopic (exact) mass is 254 g/mol. The van der Waals surface area contributed by atoms with E-state index in [9.17, 15) is 8.42 Å². The van der Waals surface area contributed by atoms with Crippen LogP contribution in [-0.4, -0.2) is 22.0 Å². The molecule has 1 rings (SSSR count). The molecule has 7 heteroatoms. The number of sulfonamides is 1. The summed E-state index contributed by atoms with van der Waals surface area (Å²) >= 11 is 0. The molecule has 0 unspecified atom stereocenters. The van der Waals surface area contributed by atoms with Gasteiger partial charge in [0, 0.05) is 13.6 Å². The Hall–Kier alpha value is -1.78. The molecule has 0 heterocycles. The Balaban J connectivity index is 3.03. The fraction of sp³-hybridized carbons (Fsp3) is 0.300. The van der Waals surface area contributed by atoms with Crippen LogP contribution in [0.2, 0.25) is 0 Å². The number of nitrogens with zero attached hydrogens (tertiary/aromatic N) is 2. The number of nitrogens with two attached hydrogens (primary N) is 2. The molecule has 0 aliphatic heterocycles. The summed E-state index contributed by atoms with van der Waals surface area (Å²) in [6, 6.07) is 6.31. The van der Waals surface area contributed by atoms with E-state index < -0.39 is 10.0 Å². The number of anilines is 2. The number of primary sulfonamides is 1. The van der Waals surface area contributed by atoms with Gasteiger partial charge in [-0.2, -0.15) is 5.26 Å². The highest BCUT2D eigenvalue weighted by Gasteiger charge is 2.11. The van der Waals surface area contributed by atoms with Gasteiger partial charge in [0.1, 0.15) is 0 Å². The maximum absolute atomic E-state index is 11.1. The van der Waals surface area contributed by atoms with Gasteiger partial charge in [-0.25, -0.2) is 13.6 Å². The molecule has 1 aromatic rings. The number of nitriles is 1.